The molecule has 224 valence electrons. The predicted octanol–water partition coefficient (Wildman–Crippen LogP) is 4.99. The summed E-state index contributed by atoms with van der Waals surface area (Å²) in [4.78, 5) is 45.8. The van der Waals surface area contributed by atoms with E-state index in [2.05, 4.69) is 11.6 Å². The number of hydrogen-bond donors (Lipinski definition) is 1. The first-order valence-electron chi connectivity index (χ1n) is 13.6. The standard InChI is InChI=1S/C31H30N2O9S/c1-5-12-42-30(37)28-17(4)32-31(43-28)33-25(18-8-10-20(38-6-2)22(15-18)39-7-3)24(27(35)29(33)36)26(34)19-9-11-21-23(16-19)41-14-13-40-21/h5,8-11,15-16,25,34H,1,6-7,12-14H2,2-4H3/b26-24+/t25-/m1/s1. The zero-order valence-corrected chi connectivity index (χ0v) is 24.7. The van der Waals surface area contributed by atoms with Gasteiger partial charge in [0.05, 0.1) is 30.5 Å². The van der Waals surface area contributed by atoms with E-state index < -0.39 is 29.5 Å². The maximum absolute atomic E-state index is 13.7. The van der Waals surface area contributed by atoms with Crippen molar-refractivity contribution in [3.05, 3.63) is 76.3 Å². The Morgan fingerprint density at radius 3 is 2.53 bits per heavy atom. The number of rotatable bonds is 10. The molecular formula is C31H30N2O9S. The fourth-order valence-corrected chi connectivity index (χ4v) is 5.79. The van der Waals surface area contributed by atoms with E-state index in [0.29, 0.717) is 60.7 Å². The average Bonchev–Trinajstić information content (AvgIpc) is 3.52. The molecule has 5 rings (SSSR count). The summed E-state index contributed by atoms with van der Waals surface area (Å²) in [5, 5.41) is 11.7. The summed E-state index contributed by atoms with van der Waals surface area (Å²) in [6, 6.07) is 8.68. The van der Waals surface area contributed by atoms with Gasteiger partial charge in [0, 0.05) is 5.56 Å². The lowest BCUT2D eigenvalue weighted by atomic mass is 9.95. The highest BCUT2D eigenvalue weighted by Gasteiger charge is 2.48. The van der Waals surface area contributed by atoms with E-state index >= 15 is 0 Å². The first-order valence-corrected chi connectivity index (χ1v) is 14.5. The number of aryl methyl sites for hydroxylation is 1. The van der Waals surface area contributed by atoms with Crippen molar-refractivity contribution in [3.63, 3.8) is 0 Å². The number of anilines is 1. The van der Waals surface area contributed by atoms with Crippen molar-refractivity contribution in [3.8, 4) is 23.0 Å². The number of aliphatic hydroxyl groups excluding tert-OH is 1. The largest absolute Gasteiger partial charge is 0.507 e. The summed E-state index contributed by atoms with van der Waals surface area (Å²) >= 11 is 0.910. The molecule has 1 saturated heterocycles. The van der Waals surface area contributed by atoms with Crippen LogP contribution in [0.5, 0.6) is 23.0 Å². The molecule has 3 aromatic rings. The molecule has 11 nitrogen and oxygen atoms in total. The SMILES string of the molecule is C=CCOC(=O)c1sc(N2C(=O)C(=O)/C(=C(/O)c3ccc4c(c3)OCCO4)[C@H]2c2ccc(OCC)c(OCC)c2)nc1C. The lowest BCUT2D eigenvalue weighted by molar-refractivity contribution is -0.132. The Bertz CT molecular complexity index is 1630. The van der Waals surface area contributed by atoms with Gasteiger partial charge in [-0.25, -0.2) is 9.78 Å². The van der Waals surface area contributed by atoms with Gasteiger partial charge in [0.1, 0.15) is 30.5 Å². The summed E-state index contributed by atoms with van der Waals surface area (Å²) < 4.78 is 27.9. The Morgan fingerprint density at radius 2 is 1.81 bits per heavy atom. The smallest absolute Gasteiger partial charge is 0.350 e. The molecular weight excluding hydrogens is 576 g/mol. The maximum atomic E-state index is 13.7. The summed E-state index contributed by atoms with van der Waals surface area (Å²) in [6.45, 7) is 10.3. The van der Waals surface area contributed by atoms with Crippen LogP contribution in [-0.4, -0.2) is 60.8 Å². The topological polar surface area (TPSA) is 134 Å². The minimum absolute atomic E-state index is 0.00205. The summed E-state index contributed by atoms with van der Waals surface area (Å²) in [6.07, 6.45) is 1.44. The Hall–Kier alpha value is -4.84. The molecule has 0 bridgehead atoms. The van der Waals surface area contributed by atoms with Gasteiger partial charge < -0.3 is 28.8 Å². The third-order valence-electron chi connectivity index (χ3n) is 6.65. The van der Waals surface area contributed by atoms with E-state index in [-0.39, 0.29) is 27.8 Å². The Morgan fingerprint density at radius 1 is 1.09 bits per heavy atom. The minimum Gasteiger partial charge on any atom is -0.507 e. The fourth-order valence-electron chi connectivity index (χ4n) is 4.80. The van der Waals surface area contributed by atoms with Gasteiger partial charge in [-0.05, 0) is 56.7 Å². The quantitative estimate of drug-likeness (QED) is 0.111. The van der Waals surface area contributed by atoms with Gasteiger partial charge in [-0.2, -0.15) is 0 Å². The molecule has 0 radical (unpaired) electrons. The van der Waals surface area contributed by atoms with Crippen molar-refractivity contribution in [2.75, 3.05) is 37.9 Å². The second-order valence-electron chi connectivity index (χ2n) is 9.40. The van der Waals surface area contributed by atoms with Crippen LogP contribution in [0.3, 0.4) is 0 Å². The third kappa shape index (κ3) is 5.65. The van der Waals surface area contributed by atoms with E-state index in [1.807, 2.05) is 13.8 Å². The summed E-state index contributed by atoms with van der Waals surface area (Å²) in [5.74, 6) is -1.10. The number of hydrogen-bond acceptors (Lipinski definition) is 11. The number of Topliss-reactive ketones (excluding diaryl/α,β-unsaturated/α-hetero) is 1. The van der Waals surface area contributed by atoms with Crippen LogP contribution >= 0.6 is 11.3 Å². The molecule has 0 saturated carbocycles. The van der Waals surface area contributed by atoms with E-state index in [1.165, 1.54) is 11.0 Å². The van der Waals surface area contributed by atoms with Crippen LogP contribution in [-0.2, 0) is 14.3 Å². The van der Waals surface area contributed by atoms with E-state index in [1.54, 1.807) is 43.3 Å². The highest BCUT2D eigenvalue weighted by atomic mass is 32.1. The molecule has 2 aromatic carbocycles. The highest BCUT2D eigenvalue weighted by molar-refractivity contribution is 7.17. The number of amides is 1. The predicted molar refractivity (Wildman–Crippen MR) is 158 cm³/mol. The number of carbonyl (C=O) groups is 3. The van der Waals surface area contributed by atoms with Crippen LogP contribution < -0.4 is 23.8 Å². The molecule has 1 N–H and O–H groups in total. The third-order valence-corrected chi connectivity index (χ3v) is 7.79. The van der Waals surface area contributed by atoms with Crippen LogP contribution in [0.25, 0.3) is 5.76 Å². The van der Waals surface area contributed by atoms with Gasteiger partial charge >= 0.3 is 11.9 Å². The van der Waals surface area contributed by atoms with Crippen molar-refractivity contribution in [1.29, 1.82) is 0 Å². The van der Waals surface area contributed by atoms with Gasteiger partial charge in [-0.15, -0.1) is 0 Å². The first kappa shape index (κ1) is 29.6. The Balaban J connectivity index is 1.68. The van der Waals surface area contributed by atoms with Crippen molar-refractivity contribution in [1.82, 2.24) is 4.98 Å². The number of fused-ring (bicyclic) bond motifs is 1. The molecule has 43 heavy (non-hydrogen) atoms. The minimum atomic E-state index is -1.12. The number of carbonyl (C=O) groups excluding carboxylic acids is 3. The van der Waals surface area contributed by atoms with Gasteiger partial charge in [0.2, 0.25) is 0 Å². The van der Waals surface area contributed by atoms with E-state index in [0.717, 1.165) is 11.3 Å². The lowest BCUT2D eigenvalue weighted by Crippen LogP contribution is -2.29. The molecule has 1 atom stereocenters. The molecule has 3 heterocycles. The lowest BCUT2D eigenvalue weighted by Gasteiger charge is -2.24. The van der Waals surface area contributed by atoms with E-state index in [9.17, 15) is 19.5 Å². The molecule has 0 unspecified atom stereocenters. The number of thiazole rings is 1. The maximum Gasteiger partial charge on any atom is 0.350 e. The Kier molecular flexibility index (Phi) is 8.67. The zero-order valence-electron chi connectivity index (χ0n) is 23.9. The molecule has 2 aliphatic heterocycles. The number of esters is 1. The van der Waals surface area contributed by atoms with Gasteiger partial charge in [-0.3, -0.25) is 14.5 Å². The van der Waals surface area contributed by atoms with Crippen molar-refractivity contribution in [2.45, 2.75) is 26.8 Å². The van der Waals surface area contributed by atoms with Gasteiger partial charge in [0.25, 0.3) is 5.78 Å². The summed E-state index contributed by atoms with van der Waals surface area (Å²) in [5.41, 5.74) is 0.862. The van der Waals surface area contributed by atoms with Crippen LogP contribution in [0.15, 0.2) is 54.6 Å². The number of aliphatic hydroxyl groups is 1. The van der Waals surface area contributed by atoms with Crippen LogP contribution in [0.2, 0.25) is 0 Å². The first-order chi connectivity index (χ1) is 20.8. The average molecular weight is 607 g/mol. The van der Waals surface area contributed by atoms with Crippen LogP contribution in [0, 0.1) is 6.92 Å². The van der Waals surface area contributed by atoms with Gasteiger partial charge in [0.15, 0.2) is 28.1 Å². The Labute approximate surface area is 251 Å². The number of ether oxygens (including phenoxy) is 5. The van der Waals surface area contributed by atoms with Crippen LogP contribution in [0.4, 0.5) is 5.13 Å². The molecule has 2 aliphatic rings. The monoisotopic (exact) mass is 606 g/mol. The normalized spacial score (nSPS) is 17.1. The van der Waals surface area contributed by atoms with Crippen LogP contribution in [0.1, 0.15) is 46.4 Å². The molecule has 0 aliphatic carbocycles. The molecule has 12 heteroatoms. The van der Waals surface area contributed by atoms with Gasteiger partial charge in [-0.1, -0.05) is 30.1 Å². The number of nitrogens with zero attached hydrogens (tertiary/aromatic N) is 2. The highest BCUT2D eigenvalue weighted by Crippen LogP contribution is 2.46. The fraction of sp³-hybridized carbons (Fsp3) is 0.290. The van der Waals surface area contributed by atoms with Crippen molar-refractivity contribution < 1.29 is 43.2 Å². The van der Waals surface area contributed by atoms with Crippen molar-refractivity contribution >= 4 is 39.9 Å². The second kappa shape index (κ2) is 12.6. The zero-order chi connectivity index (χ0) is 30.7. The number of ketones is 1. The van der Waals surface area contributed by atoms with E-state index in [4.69, 9.17) is 23.7 Å². The molecule has 1 fully saturated rings. The number of aromatic nitrogens is 1. The molecule has 0 spiro atoms. The number of benzene rings is 2. The van der Waals surface area contributed by atoms with Crippen molar-refractivity contribution in [2.24, 2.45) is 0 Å². The summed E-state index contributed by atoms with van der Waals surface area (Å²) in [7, 11) is 0. The molecule has 1 aromatic heterocycles. The molecule has 1 amide bonds. The second-order valence-corrected chi connectivity index (χ2v) is 10.4.